The largest absolute Gasteiger partial charge is 0.383 e. The summed E-state index contributed by atoms with van der Waals surface area (Å²) < 4.78 is 6.22. The highest BCUT2D eigenvalue weighted by Gasteiger charge is 2.16. The highest BCUT2D eigenvalue weighted by molar-refractivity contribution is 5.91. The first-order valence-corrected chi connectivity index (χ1v) is 10.5. The Morgan fingerprint density at radius 1 is 1.03 bits per heavy atom. The number of methoxy groups -OCH3 is 1. The van der Waals surface area contributed by atoms with Crippen molar-refractivity contribution in [3.05, 3.63) is 64.1 Å². The zero-order chi connectivity index (χ0) is 21.2. The molecular weight excluding hydrogens is 382 g/mol. The quantitative estimate of drug-likeness (QED) is 0.581. The van der Waals surface area contributed by atoms with Gasteiger partial charge in [0.25, 0.3) is 11.5 Å². The van der Waals surface area contributed by atoms with Crippen molar-refractivity contribution >= 4 is 5.91 Å². The van der Waals surface area contributed by atoms with Crippen LogP contribution in [0.3, 0.4) is 0 Å². The third kappa shape index (κ3) is 6.76. The van der Waals surface area contributed by atoms with E-state index >= 15 is 0 Å². The van der Waals surface area contributed by atoms with Gasteiger partial charge in [-0.15, -0.1) is 0 Å². The van der Waals surface area contributed by atoms with Gasteiger partial charge in [0.15, 0.2) is 0 Å². The van der Waals surface area contributed by atoms with Crippen LogP contribution in [0.25, 0.3) is 0 Å². The maximum Gasteiger partial charge on any atom is 0.271 e. The molecule has 1 saturated heterocycles. The third-order valence-corrected chi connectivity index (χ3v) is 5.26. The Morgan fingerprint density at radius 3 is 2.50 bits per heavy atom. The van der Waals surface area contributed by atoms with Crippen LogP contribution in [0.2, 0.25) is 0 Å². The molecular formula is C22H31N5O3. The van der Waals surface area contributed by atoms with E-state index in [1.54, 1.807) is 7.11 Å². The fourth-order valence-electron chi connectivity index (χ4n) is 3.52. The molecule has 1 amide bonds. The first-order chi connectivity index (χ1) is 14.7. The topological polar surface area (TPSA) is 79.7 Å². The summed E-state index contributed by atoms with van der Waals surface area (Å²) in [6, 6.07) is 13.4. The minimum absolute atomic E-state index is 0.241. The van der Waals surface area contributed by atoms with Gasteiger partial charge in [0.2, 0.25) is 0 Å². The van der Waals surface area contributed by atoms with Crippen LogP contribution in [0, 0.1) is 0 Å². The van der Waals surface area contributed by atoms with E-state index in [0.29, 0.717) is 19.7 Å². The van der Waals surface area contributed by atoms with Gasteiger partial charge in [-0.25, -0.2) is 4.68 Å². The highest BCUT2D eigenvalue weighted by atomic mass is 16.5. The molecule has 8 nitrogen and oxygen atoms in total. The molecule has 1 aromatic heterocycles. The molecule has 30 heavy (non-hydrogen) atoms. The molecule has 8 heteroatoms. The Bertz CT molecular complexity index is 847. The molecule has 162 valence electrons. The number of aromatic nitrogens is 2. The maximum atomic E-state index is 12.3. The Balaban J connectivity index is 1.34. The van der Waals surface area contributed by atoms with Gasteiger partial charge in [0.05, 0.1) is 13.2 Å². The van der Waals surface area contributed by atoms with E-state index in [4.69, 9.17) is 4.74 Å². The van der Waals surface area contributed by atoms with Crippen LogP contribution >= 0.6 is 0 Å². The summed E-state index contributed by atoms with van der Waals surface area (Å²) in [6.07, 6.45) is 0.883. The molecule has 0 atom stereocenters. The van der Waals surface area contributed by atoms with Gasteiger partial charge in [-0.1, -0.05) is 30.3 Å². The van der Waals surface area contributed by atoms with E-state index in [0.717, 1.165) is 45.7 Å². The summed E-state index contributed by atoms with van der Waals surface area (Å²) in [4.78, 5) is 29.0. The molecule has 1 aliphatic rings. The van der Waals surface area contributed by atoms with Crippen LogP contribution in [0.15, 0.2) is 47.3 Å². The summed E-state index contributed by atoms with van der Waals surface area (Å²) in [5.74, 6) is -0.256. The Labute approximate surface area is 177 Å². The molecule has 0 radical (unpaired) electrons. The summed E-state index contributed by atoms with van der Waals surface area (Å²) in [6.45, 7) is 7.47. The van der Waals surface area contributed by atoms with Crippen molar-refractivity contribution in [2.75, 3.05) is 53.0 Å². The number of hydrogen-bond acceptors (Lipinski definition) is 6. The van der Waals surface area contributed by atoms with Crippen LogP contribution in [-0.2, 0) is 17.8 Å². The molecule has 0 aliphatic carbocycles. The van der Waals surface area contributed by atoms with Crippen molar-refractivity contribution in [3.8, 4) is 0 Å². The van der Waals surface area contributed by atoms with Crippen LogP contribution in [-0.4, -0.2) is 78.5 Å². The van der Waals surface area contributed by atoms with Gasteiger partial charge in [-0.2, -0.15) is 5.10 Å². The molecule has 1 aliphatic heterocycles. The second kappa shape index (κ2) is 11.6. The molecule has 0 bridgehead atoms. The summed E-state index contributed by atoms with van der Waals surface area (Å²) >= 11 is 0. The number of ether oxygens (including phenoxy) is 1. The van der Waals surface area contributed by atoms with E-state index in [1.165, 1.54) is 22.4 Å². The van der Waals surface area contributed by atoms with Crippen LogP contribution < -0.4 is 10.9 Å². The van der Waals surface area contributed by atoms with Crippen LogP contribution in [0.4, 0.5) is 0 Å². The average Bonchev–Trinajstić information content (AvgIpc) is 2.78. The number of hydrogen-bond donors (Lipinski definition) is 1. The number of piperazine rings is 1. The van der Waals surface area contributed by atoms with Crippen molar-refractivity contribution in [2.45, 2.75) is 19.5 Å². The van der Waals surface area contributed by atoms with Crippen molar-refractivity contribution in [1.82, 2.24) is 24.9 Å². The third-order valence-electron chi connectivity index (χ3n) is 5.26. The van der Waals surface area contributed by atoms with E-state index in [9.17, 15) is 9.59 Å². The highest BCUT2D eigenvalue weighted by Crippen LogP contribution is 2.08. The number of nitrogens with one attached hydrogen (secondary N) is 1. The molecule has 3 rings (SSSR count). The van der Waals surface area contributed by atoms with Gasteiger partial charge in [0.1, 0.15) is 5.69 Å². The van der Waals surface area contributed by atoms with E-state index in [2.05, 4.69) is 44.5 Å². The van der Waals surface area contributed by atoms with E-state index < -0.39 is 0 Å². The lowest BCUT2D eigenvalue weighted by molar-refractivity contribution is 0.0938. The molecule has 1 N–H and O–H groups in total. The Kier molecular flexibility index (Phi) is 8.55. The van der Waals surface area contributed by atoms with E-state index in [-0.39, 0.29) is 17.2 Å². The smallest absolute Gasteiger partial charge is 0.271 e. The van der Waals surface area contributed by atoms with Gasteiger partial charge in [-0.05, 0) is 24.6 Å². The van der Waals surface area contributed by atoms with Crippen molar-refractivity contribution in [1.29, 1.82) is 0 Å². The first-order valence-electron chi connectivity index (χ1n) is 10.5. The lowest BCUT2D eigenvalue weighted by atomic mass is 10.2. The molecule has 0 unspecified atom stereocenters. The fraction of sp³-hybridized carbons (Fsp3) is 0.500. The lowest BCUT2D eigenvalue weighted by Crippen LogP contribution is -2.46. The second-order valence-corrected chi connectivity index (χ2v) is 7.49. The monoisotopic (exact) mass is 413 g/mol. The number of amides is 1. The zero-order valence-corrected chi connectivity index (χ0v) is 17.6. The Morgan fingerprint density at radius 2 is 1.77 bits per heavy atom. The normalized spacial score (nSPS) is 15.2. The molecule has 0 saturated carbocycles. The Hall–Kier alpha value is -2.55. The van der Waals surface area contributed by atoms with Gasteiger partial charge >= 0.3 is 0 Å². The number of carbonyl (C=O) groups excluding carboxylic acids is 1. The minimum Gasteiger partial charge on any atom is -0.383 e. The van der Waals surface area contributed by atoms with Crippen molar-refractivity contribution in [2.24, 2.45) is 0 Å². The van der Waals surface area contributed by atoms with Gasteiger partial charge < -0.3 is 15.0 Å². The number of benzene rings is 1. The van der Waals surface area contributed by atoms with Crippen molar-refractivity contribution in [3.63, 3.8) is 0 Å². The number of rotatable bonds is 10. The SMILES string of the molecule is COCCn1nc(C(=O)NCCCN2CCN(Cc3ccccc3)CC2)ccc1=O. The zero-order valence-electron chi connectivity index (χ0n) is 17.6. The summed E-state index contributed by atoms with van der Waals surface area (Å²) in [5.41, 5.74) is 1.37. The van der Waals surface area contributed by atoms with E-state index in [1.807, 2.05) is 6.07 Å². The second-order valence-electron chi connectivity index (χ2n) is 7.49. The van der Waals surface area contributed by atoms with Crippen LogP contribution in [0.1, 0.15) is 22.5 Å². The van der Waals surface area contributed by atoms with Gasteiger partial charge in [0, 0.05) is 52.4 Å². The number of nitrogens with zero attached hydrogens (tertiary/aromatic N) is 4. The predicted octanol–water partition coefficient (Wildman–Crippen LogP) is 0.827. The minimum atomic E-state index is -0.256. The standard InChI is InChI=1S/C22H31N5O3/c1-30-17-16-27-21(28)9-8-20(24-27)22(29)23-10-5-11-25-12-14-26(15-13-25)18-19-6-3-2-4-7-19/h2-4,6-9H,5,10-18H2,1H3,(H,23,29). The van der Waals surface area contributed by atoms with Crippen LogP contribution in [0.5, 0.6) is 0 Å². The fourth-order valence-corrected chi connectivity index (χ4v) is 3.52. The first kappa shape index (κ1) is 22.1. The molecule has 1 aromatic carbocycles. The van der Waals surface area contributed by atoms with Gasteiger partial charge in [-0.3, -0.25) is 14.5 Å². The average molecular weight is 414 g/mol. The lowest BCUT2D eigenvalue weighted by Gasteiger charge is -2.34. The molecule has 0 spiro atoms. The molecule has 1 fully saturated rings. The van der Waals surface area contributed by atoms with Crippen molar-refractivity contribution < 1.29 is 9.53 Å². The molecule has 2 aromatic rings. The predicted molar refractivity (Wildman–Crippen MR) is 115 cm³/mol. The molecule has 2 heterocycles. The summed E-state index contributed by atoms with van der Waals surface area (Å²) in [5, 5.41) is 7.01. The maximum absolute atomic E-state index is 12.3. The number of carbonyl (C=O) groups is 1. The summed E-state index contributed by atoms with van der Waals surface area (Å²) in [7, 11) is 1.56.